The molecule has 8 nitrogen and oxygen atoms in total. The predicted octanol–water partition coefficient (Wildman–Crippen LogP) is 6.13. The topological polar surface area (TPSA) is 95.6 Å². The van der Waals surface area contributed by atoms with Crippen LogP contribution < -0.4 is 9.64 Å². The first-order valence-electron chi connectivity index (χ1n) is 13.0. The number of aromatic amines is 2. The van der Waals surface area contributed by atoms with E-state index in [0.717, 1.165) is 63.2 Å². The van der Waals surface area contributed by atoms with Gasteiger partial charge in [-0.1, -0.05) is 30.3 Å². The van der Waals surface area contributed by atoms with Gasteiger partial charge in [0.1, 0.15) is 23.6 Å². The smallest absolute Gasteiger partial charge is 0.138 e. The molecule has 5 aromatic heterocycles. The van der Waals surface area contributed by atoms with Crippen molar-refractivity contribution in [2.75, 3.05) is 18.0 Å². The van der Waals surface area contributed by atoms with Crippen LogP contribution in [0.2, 0.25) is 0 Å². The Labute approximate surface area is 219 Å². The molecule has 0 radical (unpaired) electrons. The van der Waals surface area contributed by atoms with Crippen molar-refractivity contribution in [1.29, 1.82) is 0 Å². The van der Waals surface area contributed by atoms with Crippen LogP contribution in [0.3, 0.4) is 0 Å². The first-order chi connectivity index (χ1) is 18.8. The number of anilines is 1. The number of nitrogens with one attached hydrogen (secondary N) is 2. The Kier molecular flexibility index (Phi) is 5.69. The fraction of sp³-hybridized carbons (Fsp3) is 0.200. The molecule has 8 heteroatoms. The van der Waals surface area contributed by atoms with Crippen LogP contribution in [0, 0.1) is 0 Å². The van der Waals surface area contributed by atoms with Gasteiger partial charge in [-0.15, -0.1) is 0 Å². The molecule has 7 rings (SSSR count). The molecule has 2 N–H and O–H groups in total. The third-order valence-corrected chi connectivity index (χ3v) is 7.14. The first kappa shape index (κ1) is 22.5. The Morgan fingerprint density at radius 1 is 0.842 bits per heavy atom. The summed E-state index contributed by atoms with van der Waals surface area (Å²) in [5, 5.41) is 8.93. The zero-order valence-electron chi connectivity index (χ0n) is 20.9. The van der Waals surface area contributed by atoms with Gasteiger partial charge in [0, 0.05) is 30.2 Å². The van der Waals surface area contributed by atoms with Crippen LogP contribution in [0.4, 0.5) is 5.69 Å². The number of fused-ring (bicyclic) bond motifs is 2. The zero-order valence-corrected chi connectivity index (χ0v) is 20.9. The number of pyridine rings is 3. The molecule has 6 aromatic rings. The van der Waals surface area contributed by atoms with Gasteiger partial charge < -0.3 is 14.6 Å². The summed E-state index contributed by atoms with van der Waals surface area (Å²) in [6.45, 7) is 2.62. The van der Waals surface area contributed by atoms with Gasteiger partial charge in [-0.2, -0.15) is 5.10 Å². The number of hydrogen-bond acceptors (Lipinski definition) is 6. The van der Waals surface area contributed by atoms with Crippen LogP contribution in [-0.4, -0.2) is 43.2 Å². The number of hydrogen-bond donors (Lipinski definition) is 2. The minimum atomic E-state index is 0.485. The van der Waals surface area contributed by atoms with Crippen LogP contribution in [-0.2, 0) is 6.61 Å². The minimum Gasteiger partial charge on any atom is -0.487 e. The van der Waals surface area contributed by atoms with Crippen molar-refractivity contribution in [3.05, 3.63) is 84.9 Å². The van der Waals surface area contributed by atoms with E-state index in [4.69, 9.17) is 9.72 Å². The van der Waals surface area contributed by atoms with Gasteiger partial charge in [-0.05, 0) is 49.1 Å². The summed E-state index contributed by atoms with van der Waals surface area (Å²) in [6, 6.07) is 18.2. The average Bonchev–Trinajstić information content (AvgIpc) is 3.61. The lowest BCUT2D eigenvalue weighted by Gasteiger charge is -2.28. The summed E-state index contributed by atoms with van der Waals surface area (Å²) >= 11 is 0. The monoisotopic (exact) mass is 501 g/mol. The lowest BCUT2D eigenvalue weighted by atomic mass is 10.1. The molecule has 1 saturated heterocycles. The Morgan fingerprint density at radius 2 is 1.71 bits per heavy atom. The van der Waals surface area contributed by atoms with E-state index >= 15 is 0 Å². The summed E-state index contributed by atoms with van der Waals surface area (Å²) in [5.74, 6) is 0.703. The van der Waals surface area contributed by atoms with Crippen molar-refractivity contribution >= 4 is 27.6 Å². The number of aromatic nitrogens is 6. The fourth-order valence-corrected chi connectivity index (χ4v) is 5.18. The molecule has 0 atom stereocenters. The second-order valence-corrected chi connectivity index (χ2v) is 9.70. The van der Waals surface area contributed by atoms with Crippen LogP contribution >= 0.6 is 0 Å². The van der Waals surface area contributed by atoms with Gasteiger partial charge in [0.05, 0.1) is 46.7 Å². The lowest BCUT2D eigenvalue weighted by Crippen LogP contribution is -2.29. The summed E-state index contributed by atoms with van der Waals surface area (Å²) in [5.41, 5.74) is 8.37. The van der Waals surface area contributed by atoms with Crippen molar-refractivity contribution in [3.8, 4) is 28.4 Å². The van der Waals surface area contributed by atoms with E-state index in [2.05, 4.69) is 36.1 Å². The molecule has 1 fully saturated rings. The van der Waals surface area contributed by atoms with E-state index in [-0.39, 0.29) is 0 Å². The van der Waals surface area contributed by atoms with Crippen LogP contribution in [0.5, 0.6) is 5.75 Å². The highest BCUT2D eigenvalue weighted by atomic mass is 16.5. The van der Waals surface area contributed by atoms with Gasteiger partial charge in [0.2, 0.25) is 0 Å². The average molecular weight is 502 g/mol. The second kappa shape index (κ2) is 9.63. The molecular formula is C30H27N7O. The van der Waals surface area contributed by atoms with Gasteiger partial charge in [-0.25, -0.2) is 4.98 Å². The third kappa shape index (κ3) is 4.24. The van der Waals surface area contributed by atoms with Crippen molar-refractivity contribution in [2.24, 2.45) is 0 Å². The molecule has 0 aliphatic carbocycles. The largest absolute Gasteiger partial charge is 0.487 e. The number of piperidine rings is 1. The van der Waals surface area contributed by atoms with E-state index in [1.807, 2.05) is 67.1 Å². The van der Waals surface area contributed by atoms with Crippen LogP contribution in [0.25, 0.3) is 44.6 Å². The maximum absolute atomic E-state index is 5.99. The highest BCUT2D eigenvalue weighted by Gasteiger charge is 2.18. The number of H-pyrrole nitrogens is 2. The minimum absolute atomic E-state index is 0.485. The molecule has 38 heavy (non-hydrogen) atoms. The molecule has 0 saturated carbocycles. The van der Waals surface area contributed by atoms with E-state index in [1.54, 1.807) is 6.20 Å². The number of nitrogens with zero attached hydrogens (tertiary/aromatic N) is 5. The van der Waals surface area contributed by atoms with E-state index in [0.29, 0.717) is 12.4 Å². The summed E-state index contributed by atoms with van der Waals surface area (Å²) < 4.78 is 5.99. The second-order valence-electron chi connectivity index (χ2n) is 9.70. The molecule has 188 valence electrons. The van der Waals surface area contributed by atoms with Crippen molar-refractivity contribution < 1.29 is 4.74 Å². The van der Waals surface area contributed by atoms with Gasteiger partial charge >= 0.3 is 0 Å². The van der Waals surface area contributed by atoms with Crippen molar-refractivity contribution in [3.63, 3.8) is 0 Å². The highest BCUT2D eigenvalue weighted by molar-refractivity contribution is 5.98. The molecule has 0 unspecified atom stereocenters. The molecule has 1 aliphatic heterocycles. The highest BCUT2D eigenvalue weighted by Crippen LogP contribution is 2.34. The van der Waals surface area contributed by atoms with E-state index in [1.165, 1.54) is 24.9 Å². The fourth-order valence-electron chi connectivity index (χ4n) is 5.18. The van der Waals surface area contributed by atoms with Crippen molar-refractivity contribution in [2.45, 2.75) is 25.9 Å². The lowest BCUT2D eigenvalue weighted by molar-refractivity contribution is 0.305. The molecule has 1 aliphatic rings. The molecule has 6 heterocycles. The summed E-state index contributed by atoms with van der Waals surface area (Å²) in [7, 11) is 0. The predicted molar refractivity (Wildman–Crippen MR) is 149 cm³/mol. The standard InChI is InChI=1S/C30H27N7O/c1-3-7-20(8-4-1)19-38-22-13-21(15-31-16-22)24-9-10-25-29(34-24)30(36-35-25)26-14-23-27(33-26)17-32-18-28(23)37-11-5-2-6-12-37/h1,3-4,7-10,13-18,33H,2,5-6,11-12,19H2,(H,35,36). The number of rotatable bonds is 6. The molecule has 0 bridgehead atoms. The summed E-state index contributed by atoms with van der Waals surface area (Å²) in [6.07, 6.45) is 11.1. The van der Waals surface area contributed by atoms with Crippen LogP contribution in [0.15, 0.2) is 79.4 Å². The first-order valence-corrected chi connectivity index (χ1v) is 13.0. The summed E-state index contributed by atoms with van der Waals surface area (Å²) in [4.78, 5) is 19.9. The van der Waals surface area contributed by atoms with E-state index in [9.17, 15) is 0 Å². The molecule has 1 aromatic carbocycles. The maximum Gasteiger partial charge on any atom is 0.138 e. The third-order valence-electron chi connectivity index (χ3n) is 7.14. The Balaban J connectivity index is 1.22. The van der Waals surface area contributed by atoms with Gasteiger partial charge in [0.25, 0.3) is 0 Å². The molecular weight excluding hydrogens is 474 g/mol. The Morgan fingerprint density at radius 3 is 2.61 bits per heavy atom. The normalized spacial score (nSPS) is 13.8. The van der Waals surface area contributed by atoms with Crippen molar-refractivity contribution in [1.82, 2.24) is 30.1 Å². The Hall–Kier alpha value is -4.72. The Bertz CT molecular complexity index is 1720. The van der Waals surface area contributed by atoms with Gasteiger partial charge in [0.15, 0.2) is 0 Å². The number of benzene rings is 1. The van der Waals surface area contributed by atoms with Crippen LogP contribution in [0.1, 0.15) is 24.8 Å². The van der Waals surface area contributed by atoms with E-state index < -0.39 is 0 Å². The van der Waals surface area contributed by atoms with Gasteiger partial charge in [-0.3, -0.25) is 15.1 Å². The maximum atomic E-state index is 5.99. The SMILES string of the molecule is c1ccc(COc2cncc(-c3ccc4[nH]nc(-c5cc6c(N7CCCCC7)cncc6[nH]5)c4n3)c2)cc1. The molecule has 0 spiro atoms. The molecule has 0 amide bonds. The zero-order chi connectivity index (χ0) is 25.3. The number of ether oxygens (including phenoxy) is 1. The quantitative estimate of drug-likeness (QED) is 0.285.